The van der Waals surface area contributed by atoms with Crippen molar-refractivity contribution in [2.24, 2.45) is 0 Å². The lowest BCUT2D eigenvalue weighted by molar-refractivity contribution is -0.116. The number of nitrogens with one attached hydrogen (secondary N) is 1. The third-order valence-electron chi connectivity index (χ3n) is 3.77. The SMILES string of the molecule is CC(=O)c1ccc(OCCC(=O)Nc2cccc3cccnc23)cc1. The molecule has 5 heteroatoms. The van der Waals surface area contributed by atoms with Crippen LogP contribution in [0.4, 0.5) is 5.69 Å². The Kier molecular flexibility index (Phi) is 5.04. The zero-order valence-corrected chi connectivity index (χ0v) is 13.9. The van der Waals surface area contributed by atoms with Gasteiger partial charge in [0, 0.05) is 17.1 Å². The summed E-state index contributed by atoms with van der Waals surface area (Å²) in [6.45, 7) is 1.77. The van der Waals surface area contributed by atoms with Gasteiger partial charge in [0.05, 0.1) is 24.2 Å². The Morgan fingerprint density at radius 1 is 1.04 bits per heavy atom. The first-order valence-corrected chi connectivity index (χ1v) is 8.01. The number of nitrogens with zero attached hydrogens (tertiary/aromatic N) is 1. The maximum Gasteiger partial charge on any atom is 0.227 e. The van der Waals surface area contributed by atoms with Gasteiger partial charge in [0.2, 0.25) is 5.91 Å². The van der Waals surface area contributed by atoms with Crippen molar-refractivity contribution >= 4 is 28.3 Å². The van der Waals surface area contributed by atoms with Gasteiger partial charge < -0.3 is 10.1 Å². The molecule has 0 bridgehead atoms. The van der Waals surface area contributed by atoms with E-state index in [2.05, 4.69) is 10.3 Å². The van der Waals surface area contributed by atoms with Crippen LogP contribution in [-0.2, 0) is 4.79 Å². The van der Waals surface area contributed by atoms with E-state index in [1.807, 2.05) is 30.3 Å². The third-order valence-corrected chi connectivity index (χ3v) is 3.77. The van der Waals surface area contributed by atoms with Gasteiger partial charge in [-0.05, 0) is 43.3 Å². The number of hydrogen-bond acceptors (Lipinski definition) is 4. The van der Waals surface area contributed by atoms with Gasteiger partial charge in [-0.3, -0.25) is 14.6 Å². The number of benzene rings is 2. The Hall–Kier alpha value is -3.21. The molecule has 1 amide bonds. The molecule has 0 aliphatic heterocycles. The summed E-state index contributed by atoms with van der Waals surface area (Å²) >= 11 is 0. The lowest BCUT2D eigenvalue weighted by Gasteiger charge is -2.09. The molecule has 0 fully saturated rings. The number of para-hydroxylation sites is 1. The van der Waals surface area contributed by atoms with Crippen molar-refractivity contribution in [3.8, 4) is 5.75 Å². The van der Waals surface area contributed by atoms with Crippen LogP contribution in [0.5, 0.6) is 5.75 Å². The summed E-state index contributed by atoms with van der Waals surface area (Å²) in [7, 11) is 0. The van der Waals surface area contributed by atoms with E-state index in [0.29, 0.717) is 17.0 Å². The van der Waals surface area contributed by atoms with Crippen molar-refractivity contribution in [2.45, 2.75) is 13.3 Å². The number of ketones is 1. The molecular formula is C20H18N2O3. The molecule has 0 unspecified atom stereocenters. The molecule has 2 aromatic carbocycles. The van der Waals surface area contributed by atoms with Gasteiger partial charge in [-0.25, -0.2) is 0 Å². The topological polar surface area (TPSA) is 68.3 Å². The lowest BCUT2D eigenvalue weighted by Crippen LogP contribution is -2.15. The van der Waals surface area contributed by atoms with Crippen molar-refractivity contribution in [1.82, 2.24) is 4.98 Å². The second-order valence-corrected chi connectivity index (χ2v) is 5.61. The fourth-order valence-corrected chi connectivity index (χ4v) is 2.47. The predicted octanol–water partition coefficient (Wildman–Crippen LogP) is 3.85. The molecule has 25 heavy (non-hydrogen) atoms. The summed E-state index contributed by atoms with van der Waals surface area (Å²) in [4.78, 5) is 27.7. The number of rotatable bonds is 6. The average Bonchev–Trinajstić information content (AvgIpc) is 2.62. The molecule has 126 valence electrons. The summed E-state index contributed by atoms with van der Waals surface area (Å²) in [6.07, 6.45) is 1.92. The van der Waals surface area contributed by atoms with Gasteiger partial charge in [0.1, 0.15) is 5.75 Å². The van der Waals surface area contributed by atoms with Crippen LogP contribution in [0.25, 0.3) is 10.9 Å². The van der Waals surface area contributed by atoms with Crippen molar-refractivity contribution in [3.05, 3.63) is 66.4 Å². The monoisotopic (exact) mass is 334 g/mol. The molecule has 1 N–H and O–H groups in total. The molecule has 0 atom stereocenters. The lowest BCUT2D eigenvalue weighted by atomic mass is 10.1. The third kappa shape index (κ3) is 4.20. The number of ether oxygens (including phenoxy) is 1. The Morgan fingerprint density at radius 3 is 2.56 bits per heavy atom. The van der Waals surface area contributed by atoms with Gasteiger partial charge in [-0.1, -0.05) is 18.2 Å². The molecule has 0 aliphatic carbocycles. The number of pyridine rings is 1. The van der Waals surface area contributed by atoms with Gasteiger partial charge >= 0.3 is 0 Å². The maximum absolute atomic E-state index is 12.1. The molecule has 3 rings (SSSR count). The van der Waals surface area contributed by atoms with E-state index in [-0.39, 0.29) is 24.7 Å². The molecule has 3 aromatic rings. The number of carbonyl (C=O) groups excluding carboxylic acids is 2. The quantitative estimate of drug-likeness (QED) is 0.695. The van der Waals surface area contributed by atoms with Crippen molar-refractivity contribution < 1.29 is 14.3 Å². The van der Waals surface area contributed by atoms with Crippen molar-refractivity contribution in [3.63, 3.8) is 0 Å². The first-order valence-electron chi connectivity index (χ1n) is 8.01. The molecule has 0 spiro atoms. The molecule has 0 radical (unpaired) electrons. The van der Waals surface area contributed by atoms with Crippen molar-refractivity contribution in [1.29, 1.82) is 0 Å². The second-order valence-electron chi connectivity index (χ2n) is 5.61. The second kappa shape index (κ2) is 7.57. The van der Waals surface area contributed by atoms with Crippen LogP contribution in [0, 0.1) is 0 Å². The number of carbonyl (C=O) groups is 2. The van der Waals surface area contributed by atoms with E-state index in [9.17, 15) is 9.59 Å². The number of fused-ring (bicyclic) bond motifs is 1. The summed E-state index contributed by atoms with van der Waals surface area (Å²) in [5.74, 6) is 0.498. The highest BCUT2D eigenvalue weighted by Gasteiger charge is 2.07. The first kappa shape index (κ1) is 16.6. The highest BCUT2D eigenvalue weighted by molar-refractivity contribution is 6.00. The molecule has 0 saturated heterocycles. The Bertz CT molecular complexity index is 899. The van der Waals surface area contributed by atoms with Crippen LogP contribution in [0.3, 0.4) is 0 Å². The van der Waals surface area contributed by atoms with Gasteiger partial charge in [0.15, 0.2) is 5.78 Å². The number of anilines is 1. The van der Waals surface area contributed by atoms with E-state index in [1.54, 1.807) is 30.5 Å². The fourth-order valence-electron chi connectivity index (χ4n) is 2.47. The first-order chi connectivity index (χ1) is 12.1. The Morgan fingerprint density at radius 2 is 1.80 bits per heavy atom. The van der Waals surface area contributed by atoms with Crippen molar-refractivity contribution in [2.75, 3.05) is 11.9 Å². The van der Waals surface area contributed by atoms with Gasteiger partial charge in [-0.15, -0.1) is 0 Å². The van der Waals surface area contributed by atoms with Crippen LogP contribution < -0.4 is 10.1 Å². The minimum absolute atomic E-state index is 0.00891. The molecule has 1 aromatic heterocycles. The average molecular weight is 334 g/mol. The largest absolute Gasteiger partial charge is 0.493 e. The van der Waals surface area contributed by atoms with E-state index in [4.69, 9.17) is 4.74 Å². The van der Waals surface area contributed by atoms with E-state index < -0.39 is 0 Å². The molecule has 1 heterocycles. The normalized spacial score (nSPS) is 10.4. The molecule has 0 aliphatic rings. The van der Waals surface area contributed by atoms with Crippen LogP contribution in [0.1, 0.15) is 23.7 Å². The van der Waals surface area contributed by atoms with Crippen LogP contribution in [0.2, 0.25) is 0 Å². The highest BCUT2D eigenvalue weighted by Crippen LogP contribution is 2.20. The summed E-state index contributed by atoms with van der Waals surface area (Å²) < 4.78 is 5.55. The van der Waals surface area contributed by atoms with E-state index >= 15 is 0 Å². The molecule has 0 saturated carbocycles. The van der Waals surface area contributed by atoms with Crippen LogP contribution in [0.15, 0.2) is 60.8 Å². The standard InChI is InChI=1S/C20H18N2O3/c1-14(23)15-7-9-17(10-8-15)25-13-11-19(24)22-18-6-2-4-16-5-3-12-21-20(16)18/h2-10,12H,11,13H2,1H3,(H,22,24). The zero-order valence-electron chi connectivity index (χ0n) is 13.9. The van der Waals surface area contributed by atoms with Gasteiger partial charge in [-0.2, -0.15) is 0 Å². The minimum atomic E-state index is -0.140. The summed E-state index contributed by atoms with van der Waals surface area (Å²) in [5, 5.41) is 3.84. The van der Waals surface area contributed by atoms with Crippen LogP contribution >= 0.6 is 0 Å². The summed E-state index contributed by atoms with van der Waals surface area (Å²) in [6, 6.07) is 16.3. The van der Waals surface area contributed by atoms with E-state index in [1.165, 1.54) is 6.92 Å². The minimum Gasteiger partial charge on any atom is -0.493 e. The molecular weight excluding hydrogens is 316 g/mol. The van der Waals surface area contributed by atoms with E-state index in [0.717, 1.165) is 10.9 Å². The number of aromatic nitrogens is 1. The number of hydrogen-bond donors (Lipinski definition) is 1. The number of Topliss-reactive ketones (excluding diaryl/α,β-unsaturated/α-hetero) is 1. The fraction of sp³-hybridized carbons (Fsp3) is 0.150. The zero-order chi connectivity index (χ0) is 17.6. The predicted molar refractivity (Wildman–Crippen MR) is 96.9 cm³/mol. The smallest absolute Gasteiger partial charge is 0.227 e. The van der Waals surface area contributed by atoms with Gasteiger partial charge in [0.25, 0.3) is 0 Å². The Labute approximate surface area is 145 Å². The van der Waals surface area contributed by atoms with Crippen LogP contribution in [-0.4, -0.2) is 23.3 Å². The Balaban J connectivity index is 1.55. The maximum atomic E-state index is 12.1. The highest BCUT2D eigenvalue weighted by atomic mass is 16.5. The number of amides is 1. The molecule has 5 nitrogen and oxygen atoms in total. The summed E-state index contributed by atoms with van der Waals surface area (Å²) in [5.41, 5.74) is 2.08.